The molecule has 2 aromatic heterocycles. The Kier molecular flexibility index (Phi) is 8.14. The number of ether oxygens (including phenoxy) is 2. The van der Waals surface area contributed by atoms with Crippen molar-refractivity contribution < 1.29 is 23.5 Å². The van der Waals surface area contributed by atoms with E-state index in [1.54, 1.807) is 39.5 Å². The SMILES string of the molecule is CC.Cc1c2c(cc(F)c1-c1ncc3c(n1)c(C)nn3C(=O)OC(C)(C)C)CCN(C(=O)OC(C)(C)C)C2. The molecule has 1 amide bonds. The lowest BCUT2D eigenvalue weighted by Crippen LogP contribution is -2.40. The van der Waals surface area contributed by atoms with Crippen molar-refractivity contribution in [2.24, 2.45) is 0 Å². The second-order valence-electron chi connectivity index (χ2n) is 11.1. The van der Waals surface area contributed by atoms with Crippen molar-refractivity contribution in [3.8, 4) is 11.4 Å². The van der Waals surface area contributed by atoms with E-state index in [9.17, 15) is 9.59 Å². The number of rotatable bonds is 1. The largest absolute Gasteiger partial charge is 0.444 e. The number of amides is 1. The van der Waals surface area contributed by atoms with E-state index >= 15 is 4.39 Å². The Bertz CT molecular complexity index is 1370. The standard InChI is InChI=1S/C26H32FN5O4.C2H6/c1-14-17-13-31(23(33)35-25(3,4)5)10-9-16(17)11-18(27)20(14)22-28-12-19-21(29-22)15(2)30-32(19)24(34)36-26(6,7)8;1-2/h11-12H,9-10,13H2,1-8H3;1-2H3. The quantitative estimate of drug-likeness (QED) is 0.363. The summed E-state index contributed by atoms with van der Waals surface area (Å²) in [6.07, 6.45) is 0.929. The Balaban J connectivity index is 0.00000195. The van der Waals surface area contributed by atoms with Gasteiger partial charge >= 0.3 is 12.2 Å². The van der Waals surface area contributed by atoms with Crippen LogP contribution in [0.2, 0.25) is 0 Å². The van der Waals surface area contributed by atoms with Crippen LogP contribution in [0.5, 0.6) is 0 Å². The minimum absolute atomic E-state index is 0.182. The maximum absolute atomic E-state index is 15.3. The number of hydrogen-bond acceptors (Lipinski definition) is 7. The molecule has 0 fully saturated rings. The van der Waals surface area contributed by atoms with Crippen LogP contribution in [-0.2, 0) is 22.4 Å². The topological polar surface area (TPSA) is 99.4 Å². The number of hydrogen-bond donors (Lipinski definition) is 0. The highest BCUT2D eigenvalue weighted by Gasteiger charge is 2.29. The molecule has 0 unspecified atom stereocenters. The number of aromatic nitrogens is 4. The maximum atomic E-state index is 15.3. The van der Waals surface area contributed by atoms with Gasteiger partial charge in [-0.05, 0) is 84.6 Å². The molecule has 0 aliphatic carbocycles. The van der Waals surface area contributed by atoms with Gasteiger partial charge in [-0.15, -0.1) is 0 Å². The molecule has 1 aromatic carbocycles. The van der Waals surface area contributed by atoms with Crippen LogP contribution in [0.15, 0.2) is 12.3 Å². The molecule has 206 valence electrons. The van der Waals surface area contributed by atoms with Crippen LogP contribution in [0, 0.1) is 19.7 Å². The van der Waals surface area contributed by atoms with Gasteiger partial charge in [-0.3, -0.25) is 0 Å². The summed E-state index contributed by atoms with van der Waals surface area (Å²) in [5.74, 6) is -0.255. The third kappa shape index (κ3) is 6.11. The van der Waals surface area contributed by atoms with Gasteiger partial charge in [0.15, 0.2) is 5.82 Å². The number of halogens is 1. The van der Waals surface area contributed by atoms with E-state index in [0.29, 0.717) is 41.8 Å². The Morgan fingerprint density at radius 2 is 1.61 bits per heavy atom. The van der Waals surface area contributed by atoms with E-state index in [-0.39, 0.29) is 11.4 Å². The summed E-state index contributed by atoms with van der Waals surface area (Å²) in [6, 6.07) is 1.49. The van der Waals surface area contributed by atoms with Crippen LogP contribution < -0.4 is 0 Å². The Hall–Kier alpha value is -3.56. The second kappa shape index (κ2) is 10.7. The molecule has 0 saturated heterocycles. The van der Waals surface area contributed by atoms with Gasteiger partial charge < -0.3 is 14.4 Å². The average Bonchev–Trinajstić information content (AvgIpc) is 3.14. The summed E-state index contributed by atoms with van der Waals surface area (Å²) in [5, 5.41) is 4.27. The average molecular weight is 528 g/mol. The molecule has 1 aliphatic rings. The molecule has 0 atom stereocenters. The van der Waals surface area contributed by atoms with Crippen LogP contribution in [0.4, 0.5) is 14.0 Å². The number of aryl methyl sites for hydroxylation is 1. The molecular formula is C28H38FN5O4. The fourth-order valence-electron chi connectivity index (χ4n) is 4.22. The van der Waals surface area contributed by atoms with Crippen LogP contribution >= 0.6 is 0 Å². The lowest BCUT2D eigenvalue weighted by molar-refractivity contribution is 0.0223. The van der Waals surface area contributed by atoms with E-state index < -0.39 is 29.2 Å². The molecule has 4 rings (SSSR count). The molecule has 3 heterocycles. The monoisotopic (exact) mass is 527 g/mol. The Morgan fingerprint density at radius 3 is 2.21 bits per heavy atom. The van der Waals surface area contributed by atoms with E-state index in [2.05, 4.69) is 15.1 Å². The summed E-state index contributed by atoms with van der Waals surface area (Å²) in [4.78, 5) is 35.8. The lowest BCUT2D eigenvalue weighted by Gasteiger charge is -2.32. The second-order valence-corrected chi connectivity index (χ2v) is 11.1. The first-order valence-electron chi connectivity index (χ1n) is 12.9. The molecule has 0 N–H and O–H groups in total. The molecule has 0 bridgehead atoms. The zero-order chi connectivity index (χ0) is 28.6. The van der Waals surface area contributed by atoms with Crippen LogP contribution in [0.3, 0.4) is 0 Å². The molecule has 0 spiro atoms. The highest BCUT2D eigenvalue weighted by Crippen LogP contribution is 2.33. The van der Waals surface area contributed by atoms with Crippen molar-refractivity contribution in [3.63, 3.8) is 0 Å². The highest BCUT2D eigenvalue weighted by molar-refractivity contribution is 5.88. The number of carbonyl (C=O) groups excluding carboxylic acids is 2. The minimum atomic E-state index is -0.694. The van der Waals surface area contributed by atoms with E-state index in [4.69, 9.17) is 9.47 Å². The number of carbonyl (C=O) groups is 2. The molecular weight excluding hydrogens is 489 g/mol. The summed E-state index contributed by atoms with van der Waals surface area (Å²) in [7, 11) is 0. The predicted molar refractivity (Wildman–Crippen MR) is 144 cm³/mol. The van der Waals surface area contributed by atoms with Crippen molar-refractivity contribution in [3.05, 3.63) is 40.5 Å². The summed E-state index contributed by atoms with van der Waals surface area (Å²) < 4.78 is 27.4. The number of fused-ring (bicyclic) bond motifs is 2. The molecule has 9 nitrogen and oxygen atoms in total. The predicted octanol–water partition coefficient (Wildman–Crippen LogP) is 6.35. The fraction of sp³-hybridized carbons (Fsp3) is 0.536. The zero-order valence-electron chi connectivity index (χ0n) is 24.0. The van der Waals surface area contributed by atoms with Crippen molar-refractivity contribution >= 4 is 23.2 Å². The molecule has 1 aliphatic heterocycles. The van der Waals surface area contributed by atoms with Crippen LogP contribution in [0.25, 0.3) is 22.4 Å². The first kappa shape index (κ1) is 29.0. The Labute approximate surface area is 223 Å². The van der Waals surface area contributed by atoms with Gasteiger partial charge in [0.05, 0.1) is 17.5 Å². The summed E-state index contributed by atoms with van der Waals surface area (Å²) in [5.41, 5.74) is 2.62. The molecule has 38 heavy (non-hydrogen) atoms. The van der Waals surface area contributed by atoms with Gasteiger partial charge in [-0.1, -0.05) is 13.8 Å². The van der Waals surface area contributed by atoms with E-state index in [1.165, 1.54) is 12.3 Å². The fourth-order valence-corrected chi connectivity index (χ4v) is 4.22. The third-order valence-electron chi connectivity index (χ3n) is 5.79. The highest BCUT2D eigenvalue weighted by atomic mass is 19.1. The maximum Gasteiger partial charge on any atom is 0.435 e. The minimum Gasteiger partial charge on any atom is -0.444 e. The Morgan fingerprint density at radius 1 is 1.00 bits per heavy atom. The number of nitrogens with zero attached hydrogens (tertiary/aromatic N) is 5. The van der Waals surface area contributed by atoms with Crippen LogP contribution in [-0.4, -0.2) is 54.6 Å². The van der Waals surface area contributed by atoms with Crippen molar-refractivity contribution in [2.45, 2.75) is 93.4 Å². The van der Waals surface area contributed by atoms with Gasteiger partial charge in [0.25, 0.3) is 0 Å². The zero-order valence-corrected chi connectivity index (χ0v) is 24.0. The van der Waals surface area contributed by atoms with Gasteiger partial charge in [-0.2, -0.15) is 9.78 Å². The molecule has 0 saturated carbocycles. The van der Waals surface area contributed by atoms with E-state index in [0.717, 1.165) is 15.8 Å². The smallest absolute Gasteiger partial charge is 0.435 e. The first-order chi connectivity index (χ1) is 17.6. The van der Waals surface area contributed by atoms with Crippen molar-refractivity contribution in [1.82, 2.24) is 24.6 Å². The summed E-state index contributed by atoms with van der Waals surface area (Å²) >= 11 is 0. The third-order valence-corrected chi connectivity index (χ3v) is 5.79. The number of benzene rings is 1. The molecule has 10 heteroatoms. The van der Waals surface area contributed by atoms with Crippen molar-refractivity contribution in [2.75, 3.05) is 6.54 Å². The van der Waals surface area contributed by atoms with Gasteiger partial charge in [-0.25, -0.2) is 23.9 Å². The van der Waals surface area contributed by atoms with Gasteiger partial charge in [0, 0.05) is 13.1 Å². The lowest BCUT2D eigenvalue weighted by atomic mass is 9.91. The van der Waals surface area contributed by atoms with Crippen LogP contribution in [0.1, 0.15) is 77.8 Å². The van der Waals surface area contributed by atoms with Gasteiger partial charge in [0.2, 0.25) is 0 Å². The van der Waals surface area contributed by atoms with E-state index in [1.807, 2.05) is 34.6 Å². The van der Waals surface area contributed by atoms with Gasteiger partial charge in [0.1, 0.15) is 28.1 Å². The molecule has 3 aromatic rings. The summed E-state index contributed by atoms with van der Waals surface area (Å²) in [6.45, 7) is 19.0. The first-order valence-corrected chi connectivity index (χ1v) is 12.9. The van der Waals surface area contributed by atoms with Crippen molar-refractivity contribution in [1.29, 1.82) is 0 Å². The molecule has 0 radical (unpaired) electrons. The normalized spacial score (nSPS) is 13.5.